The Morgan fingerprint density at radius 2 is 1.32 bits per heavy atom. The summed E-state index contributed by atoms with van der Waals surface area (Å²) in [5, 5.41) is 0. The SMILES string of the molecule is CC(C)(C)[S@+]([O-])N=Cc1cc(C(F)(F)F)cc(C(F)(F)F)c1. The van der Waals surface area contributed by atoms with Gasteiger partial charge in [-0.25, -0.2) is 0 Å². The maximum atomic E-state index is 12.7. The zero-order valence-corrected chi connectivity index (χ0v) is 12.7. The summed E-state index contributed by atoms with van der Waals surface area (Å²) in [5.41, 5.74) is -3.30. The van der Waals surface area contributed by atoms with Crippen LogP contribution in [0.5, 0.6) is 0 Å². The van der Waals surface area contributed by atoms with Crippen LogP contribution in [0.3, 0.4) is 0 Å². The summed E-state index contributed by atoms with van der Waals surface area (Å²) < 4.78 is 90.3. The highest BCUT2D eigenvalue weighted by Gasteiger charge is 2.36. The third kappa shape index (κ3) is 5.20. The van der Waals surface area contributed by atoms with Gasteiger partial charge in [0.1, 0.15) is 16.1 Å². The van der Waals surface area contributed by atoms with Crippen molar-refractivity contribution in [2.24, 2.45) is 4.40 Å². The molecule has 0 saturated heterocycles. The van der Waals surface area contributed by atoms with Gasteiger partial charge in [0.2, 0.25) is 0 Å². The molecule has 9 heteroatoms. The molecule has 1 aromatic rings. The Morgan fingerprint density at radius 1 is 0.909 bits per heavy atom. The minimum atomic E-state index is -4.92. The highest BCUT2D eigenvalue weighted by Crippen LogP contribution is 2.36. The van der Waals surface area contributed by atoms with Gasteiger partial charge in [0, 0.05) is 0 Å². The molecule has 2 nitrogen and oxygen atoms in total. The normalized spacial score (nSPS) is 15.4. The largest absolute Gasteiger partial charge is 0.591 e. The molecular formula is C13H13F6NOS. The van der Waals surface area contributed by atoms with Crippen molar-refractivity contribution in [1.82, 2.24) is 0 Å². The Labute approximate surface area is 126 Å². The van der Waals surface area contributed by atoms with E-state index in [2.05, 4.69) is 4.40 Å². The lowest BCUT2D eigenvalue weighted by Crippen LogP contribution is -2.25. The van der Waals surface area contributed by atoms with Crippen LogP contribution >= 0.6 is 0 Å². The summed E-state index contributed by atoms with van der Waals surface area (Å²) in [5.74, 6) is 0. The number of hydrogen-bond acceptors (Lipinski definition) is 2. The first-order valence-corrected chi connectivity index (χ1v) is 7.07. The van der Waals surface area contributed by atoms with E-state index < -0.39 is 45.2 Å². The lowest BCUT2D eigenvalue weighted by molar-refractivity contribution is -0.143. The van der Waals surface area contributed by atoms with Gasteiger partial charge in [0.25, 0.3) is 0 Å². The first-order chi connectivity index (χ1) is 9.71. The van der Waals surface area contributed by atoms with Gasteiger partial charge in [0.05, 0.1) is 17.3 Å². The fourth-order valence-corrected chi connectivity index (χ4v) is 1.85. The van der Waals surface area contributed by atoms with Gasteiger partial charge >= 0.3 is 12.4 Å². The van der Waals surface area contributed by atoms with Crippen molar-refractivity contribution in [3.8, 4) is 0 Å². The molecule has 1 aromatic carbocycles. The van der Waals surface area contributed by atoms with Gasteiger partial charge < -0.3 is 4.55 Å². The van der Waals surface area contributed by atoms with Gasteiger partial charge in [-0.3, -0.25) is 0 Å². The number of alkyl halides is 6. The molecule has 0 heterocycles. The maximum absolute atomic E-state index is 12.7. The van der Waals surface area contributed by atoms with Gasteiger partial charge in [-0.2, -0.15) is 26.3 Å². The van der Waals surface area contributed by atoms with Crippen LogP contribution in [-0.2, 0) is 23.7 Å². The van der Waals surface area contributed by atoms with Crippen LogP contribution < -0.4 is 0 Å². The molecule has 22 heavy (non-hydrogen) atoms. The van der Waals surface area contributed by atoms with Gasteiger partial charge in [0.15, 0.2) is 0 Å². The van der Waals surface area contributed by atoms with E-state index >= 15 is 0 Å². The second-order valence-corrected chi connectivity index (χ2v) is 7.37. The Morgan fingerprint density at radius 3 is 1.64 bits per heavy atom. The number of benzene rings is 1. The van der Waals surface area contributed by atoms with Crippen molar-refractivity contribution in [3.05, 3.63) is 34.9 Å². The van der Waals surface area contributed by atoms with Crippen LogP contribution in [0.1, 0.15) is 37.5 Å². The number of rotatable bonds is 2. The molecule has 0 fully saturated rings. The van der Waals surface area contributed by atoms with E-state index in [1.807, 2.05) is 0 Å². The van der Waals surface area contributed by atoms with Gasteiger partial charge in [-0.1, -0.05) is 4.40 Å². The fraction of sp³-hybridized carbons (Fsp3) is 0.462. The van der Waals surface area contributed by atoms with Crippen molar-refractivity contribution < 1.29 is 30.9 Å². The zero-order chi connectivity index (χ0) is 17.3. The predicted octanol–water partition coefficient (Wildman–Crippen LogP) is 4.61. The molecule has 1 atom stereocenters. The molecule has 0 unspecified atom stereocenters. The monoisotopic (exact) mass is 345 g/mol. The van der Waals surface area contributed by atoms with E-state index in [1.165, 1.54) is 0 Å². The molecule has 0 aliphatic heterocycles. The Bertz CT molecular complexity index is 527. The minimum Gasteiger partial charge on any atom is -0.591 e. The van der Waals surface area contributed by atoms with Crippen LogP contribution in [0.15, 0.2) is 22.6 Å². The van der Waals surface area contributed by atoms with Crippen molar-refractivity contribution in [1.29, 1.82) is 0 Å². The van der Waals surface area contributed by atoms with Crippen LogP contribution in [0, 0.1) is 0 Å². The number of halogens is 6. The minimum absolute atomic E-state index is 0.0259. The average molecular weight is 345 g/mol. The molecule has 0 aliphatic rings. The van der Waals surface area contributed by atoms with Crippen LogP contribution in [0.25, 0.3) is 0 Å². The smallest absolute Gasteiger partial charge is 0.416 e. The summed E-state index contributed by atoms with van der Waals surface area (Å²) >= 11 is -1.79. The Balaban J connectivity index is 3.28. The summed E-state index contributed by atoms with van der Waals surface area (Å²) in [6.07, 6.45) is -9.09. The third-order valence-corrected chi connectivity index (χ3v) is 3.78. The quantitative estimate of drug-likeness (QED) is 0.438. The highest BCUT2D eigenvalue weighted by atomic mass is 32.2. The number of hydrogen-bond donors (Lipinski definition) is 0. The fourth-order valence-electron chi connectivity index (χ4n) is 1.32. The maximum Gasteiger partial charge on any atom is 0.416 e. The Kier molecular flexibility index (Phi) is 5.23. The molecule has 124 valence electrons. The standard InChI is InChI=1S/C13H13F6NOS/c1-11(2,3)22(21)20-7-8-4-9(12(14,15)16)6-10(5-8)13(17,18)19/h4-7H,1-3H3/t22-/m0/s1. The van der Waals surface area contributed by atoms with Crippen molar-refractivity contribution in [2.45, 2.75) is 37.9 Å². The average Bonchev–Trinajstić information content (AvgIpc) is 2.32. The molecule has 0 bridgehead atoms. The topological polar surface area (TPSA) is 35.4 Å². The molecule has 0 aliphatic carbocycles. The summed E-state index contributed by atoms with van der Waals surface area (Å²) in [6, 6.07) is 1.08. The first kappa shape index (κ1) is 18.8. The molecule has 0 radical (unpaired) electrons. The molecule has 0 aromatic heterocycles. The summed E-state index contributed by atoms with van der Waals surface area (Å²) in [6.45, 7) is 4.73. The molecule has 0 saturated carbocycles. The van der Waals surface area contributed by atoms with Crippen LogP contribution in [0.4, 0.5) is 26.3 Å². The third-order valence-electron chi connectivity index (χ3n) is 2.43. The lowest BCUT2D eigenvalue weighted by Gasteiger charge is -2.18. The molecule has 0 N–H and O–H groups in total. The lowest BCUT2D eigenvalue weighted by atomic mass is 10.1. The van der Waals surface area contributed by atoms with E-state index in [0.29, 0.717) is 12.1 Å². The molecule has 0 amide bonds. The second kappa shape index (κ2) is 6.11. The first-order valence-electron chi connectivity index (χ1n) is 5.97. The predicted molar refractivity (Wildman–Crippen MR) is 71.9 cm³/mol. The van der Waals surface area contributed by atoms with E-state index in [4.69, 9.17) is 0 Å². The van der Waals surface area contributed by atoms with E-state index in [1.54, 1.807) is 20.8 Å². The van der Waals surface area contributed by atoms with E-state index in [0.717, 1.165) is 6.21 Å². The van der Waals surface area contributed by atoms with Crippen molar-refractivity contribution in [2.75, 3.05) is 0 Å². The van der Waals surface area contributed by atoms with E-state index in [-0.39, 0.29) is 6.07 Å². The van der Waals surface area contributed by atoms with E-state index in [9.17, 15) is 30.9 Å². The zero-order valence-electron chi connectivity index (χ0n) is 11.8. The highest BCUT2D eigenvalue weighted by molar-refractivity contribution is 7.91. The second-order valence-electron chi connectivity index (χ2n) is 5.44. The molecular weight excluding hydrogens is 332 g/mol. The molecule has 1 rings (SSSR count). The summed E-state index contributed by atoms with van der Waals surface area (Å²) in [7, 11) is 0. The van der Waals surface area contributed by atoms with Gasteiger partial charge in [-0.05, 0) is 44.5 Å². The number of nitrogens with zero attached hydrogens (tertiary/aromatic N) is 1. The van der Waals surface area contributed by atoms with Crippen molar-refractivity contribution >= 4 is 17.6 Å². The van der Waals surface area contributed by atoms with Crippen molar-refractivity contribution in [3.63, 3.8) is 0 Å². The van der Waals surface area contributed by atoms with Crippen LogP contribution in [-0.4, -0.2) is 15.5 Å². The summed E-state index contributed by atoms with van der Waals surface area (Å²) in [4.78, 5) is 0. The van der Waals surface area contributed by atoms with Gasteiger partial charge in [-0.15, -0.1) is 0 Å². The molecule has 0 spiro atoms. The van der Waals surface area contributed by atoms with Crippen LogP contribution in [0.2, 0.25) is 0 Å². The Hall–Kier alpha value is -1.22.